The molecule has 0 saturated carbocycles. The molecule has 7 nitrogen and oxygen atoms in total. The number of non-ortho nitro benzene ring substituents is 1. The van der Waals surface area contributed by atoms with E-state index in [1.807, 2.05) is 0 Å². The van der Waals surface area contributed by atoms with Crippen LogP contribution in [0.25, 0.3) is 33.9 Å². The van der Waals surface area contributed by atoms with E-state index >= 15 is 0 Å². The Bertz CT molecular complexity index is 1520. The van der Waals surface area contributed by atoms with E-state index < -0.39 is 22.2 Å². The van der Waals surface area contributed by atoms with Crippen LogP contribution in [-0.4, -0.2) is 14.5 Å². The first kappa shape index (κ1) is 20.7. The average Bonchev–Trinajstić information content (AvgIpc) is 3.41. The number of halogens is 3. The van der Waals surface area contributed by atoms with Crippen molar-refractivity contribution < 1.29 is 22.5 Å². The molecule has 33 heavy (non-hydrogen) atoms. The van der Waals surface area contributed by atoms with Crippen molar-refractivity contribution in [3.63, 3.8) is 0 Å². The minimum atomic E-state index is -4.54. The summed E-state index contributed by atoms with van der Waals surface area (Å²) in [5.74, 6) is 1.14. The molecule has 0 aliphatic carbocycles. The fourth-order valence-corrected chi connectivity index (χ4v) is 3.86. The predicted molar refractivity (Wildman–Crippen MR) is 114 cm³/mol. The summed E-state index contributed by atoms with van der Waals surface area (Å²) < 4.78 is 46.5. The van der Waals surface area contributed by atoms with Crippen molar-refractivity contribution in [3.8, 4) is 11.3 Å². The Morgan fingerprint density at radius 2 is 1.94 bits per heavy atom. The Hall–Kier alpha value is -4.21. The molecular weight excluding hydrogens is 439 g/mol. The fraction of sp³-hybridized carbons (Fsp3) is 0.130. The molecule has 0 spiro atoms. The van der Waals surface area contributed by atoms with Gasteiger partial charge in [0.15, 0.2) is 0 Å². The van der Waals surface area contributed by atoms with Crippen LogP contribution in [0.5, 0.6) is 0 Å². The summed E-state index contributed by atoms with van der Waals surface area (Å²) in [6, 6.07) is 12.2. The van der Waals surface area contributed by atoms with E-state index in [4.69, 9.17) is 4.42 Å². The van der Waals surface area contributed by atoms with Gasteiger partial charge in [0.2, 0.25) is 0 Å². The Labute approximate surface area is 183 Å². The first-order valence-electron chi connectivity index (χ1n) is 9.88. The van der Waals surface area contributed by atoms with E-state index in [-0.39, 0.29) is 16.6 Å². The lowest BCUT2D eigenvalue weighted by molar-refractivity contribution is -0.384. The van der Waals surface area contributed by atoms with Gasteiger partial charge < -0.3 is 4.42 Å². The summed E-state index contributed by atoms with van der Waals surface area (Å²) in [6.45, 7) is 0.350. The van der Waals surface area contributed by atoms with Gasteiger partial charge in [-0.2, -0.15) is 13.2 Å². The van der Waals surface area contributed by atoms with Crippen molar-refractivity contribution in [2.75, 3.05) is 0 Å². The third-order valence-corrected chi connectivity index (χ3v) is 5.46. The molecular formula is C23H14F3N3O4. The van der Waals surface area contributed by atoms with Crippen molar-refractivity contribution in [1.82, 2.24) is 9.55 Å². The first-order valence-corrected chi connectivity index (χ1v) is 9.88. The number of furan rings is 1. The Morgan fingerprint density at radius 3 is 2.70 bits per heavy atom. The number of alkyl halides is 3. The van der Waals surface area contributed by atoms with Crippen LogP contribution in [0.1, 0.15) is 23.6 Å². The zero-order valence-corrected chi connectivity index (χ0v) is 16.8. The van der Waals surface area contributed by atoms with Crippen molar-refractivity contribution in [1.29, 1.82) is 0 Å². The Morgan fingerprint density at radius 1 is 1.12 bits per heavy atom. The van der Waals surface area contributed by atoms with Crippen LogP contribution in [0.15, 0.2) is 63.8 Å². The Kier molecular flexibility index (Phi) is 4.66. The van der Waals surface area contributed by atoms with E-state index in [1.165, 1.54) is 16.7 Å². The first-order chi connectivity index (χ1) is 15.7. The number of hydrogen-bond donors (Lipinski definition) is 0. The number of nitrogens with zero attached hydrogens (tertiary/aromatic N) is 3. The van der Waals surface area contributed by atoms with Crippen LogP contribution in [0.3, 0.4) is 0 Å². The van der Waals surface area contributed by atoms with Gasteiger partial charge in [-0.05, 0) is 42.8 Å². The molecule has 0 unspecified atom stereocenters. The van der Waals surface area contributed by atoms with Gasteiger partial charge in [0, 0.05) is 29.8 Å². The number of nitro benzene ring substituents is 1. The lowest BCUT2D eigenvalue weighted by atomic mass is 10.1. The van der Waals surface area contributed by atoms with Gasteiger partial charge in [-0.3, -0.25) is 19.5 Å². The lowest BCUT2D eigenvalue weighted by Crippen LogP contribution is -2.21. The molecule has 1 aliphatic rings. The van der Waals surface area contributed by atoms with Crippen LogP contribution in [0.2, 0.25) is 0 Å². The lowest BCUT2D eigenvalue weighted by Gasteiger charge is -2.09. The summed E-state index contributed by atoms with van der Waals surface area (Å²) >= 11 is 0. The zero-order valence-electron chi connectivity index (χ0n) is 16.8. The maximum absolute atomic E-state index is 13.1. The molecule has 0 atom stereocenters. The normalized spacial score (nSPS) is 14.7. The minimum absolute atomic E-state index is 0.0226. The SMILES string of the molecule is O=c1c2ccc(C(F)(F)F)cc2nc2n1CC/C2=C\c1ccc(-c2cccc([N+](=O)[O-])c2)o1. The smallest absolute Gasteiger partial charge is 0.416 e. The van der Waals surface area contributed by atoms with Gasteiger partial charge in [-0.15, -0.1) is 0 Å². The standard InChI is InChI=1S/C23H14F3N3O4/c24-23(25,26)15-4-6-18-19(12-15)27-21-14(8-9-28(21)22(18)30)11-17-5-7-20(33-17)13-2-1-3-16(10-13)29(31)32/h1-7,10-12H,8-9H2/b14-11+. The van der Waals surface area contributed by atoms with E-state index in [1.54, 1.807) is 30.3 Å². The highest BCUT2D eigenvalue weighted by Gasteiger charge is 2.31. The molecule has 0 saturated heterocycles. The minimum Gasteiger partial charge on any atom is -0.457 e. The number of nitro groups is 1. The van der Waals surface area contributed by atoms with Gasteiger partial charge in [0.25, 0.3) is 11.2 Å². The Balaban J connectivity index is 1.54. The molecule has 0 amide bonds. The molecule has 0 fully saturated rings. The average molecular weight is 453 g/mol. The van der Waals surface area contributed by atoms with Crippen molar-refractivity contribution in [3.05, 3.63) is 92.2 Å². The van der Waals surface area contributed by atoms with Crippen LogP contribution >= 0.6 is 0 Å². The quantitative estimate of drug-likeness (QED) is 0.301. The maximum Gasteiger partial charge on any atom is 0.416 e. The summed E-state index contributed by atoms with van der Waals surface area (Å²) in [7, 11) is 0. The number of benzene rings is 2. The molecule has 0 radical (unpaired) electrons. The molecule has 2 aromatic heterocycles. The predicted octanol–water partition coefficient (Wildman–Crippen LogP) is 5.53. The van der Waals surface area contributed by atoms with E-state index in [0.29, 0.717) is 41.4 Å². The summed E-state index contributed by atoms with van der Waals surface area (Å²) in [4.78, 5) is 27.6. The fourth-order valence-electron chi connectivity index (χ4n) is 3.86. The number of allylic oxidation sites excluding steroid dienone is 1. The molecule has 1 aliphatic heterocycles. The van der Waals surface area contributed by atoms with E-state index in [0.717, 1.165) is 18.2 Å². The summed E-state index contributed by atoms with van der Waals surface area (Å²) in [5.41, 5.74) is -0.188. The molecule has 10 heteroatoms. The second kappa shape index (κ2) is 7.44. The number of rotatable bonds is 3. The number of hydrogen-bond acceptors (Lipinski definition) is 5. The largest absolute Gasteiger partial charge is 0.457 e. The van der Waals surface area contributed by atoms with Gasteiger partial charge in [0.05, 0.1) is 21.4 Å². The van der Waals surface area contributed by atoms with E-state index in [2.05, 4.69) is 4.98 Å². The molecule has 0 bridgehead atoms. The highest BCUT2D eigenvalue weighted by Crippen LogP contribution is 2.33. The van der Waals surface area contributed by atoms with Crippen molar-refractivity contribution in [2.24, 2.45) is 0 Å². The molecule has 166 valence electrons. The van der Waals surface area contributed by atoms with Gasteiger partial charge in [0.1, 0.15) is 17.3 Å². The molecule has 2 aromatic carbocycles. The molecule has 0 N–H and O–H groups in total. The molecule has 4 aromatic rings. The van der Waals surface area contributed by atoms with E-state index in [9.17, 15) is 28.1 Å². The van der Waals surface area contributed by atoms with Crippen molar-refractivity contribution in [2.45, 2.75) is 19.1 Å². The molecule has 3 heterocycles. The highest BCUT2D eigenvalue weighted by atomic mass is 19.4. The maximum atomic E-state index is 13.1. The van der Waals surface area contributed by atoms with Gasteiger partial charge >= 0.3 is 6.18 Å². The number of fused-ring (bicyclic) bond motifs is 2. The summed E-state index contributed by atoms with van der Waals surface area (Å²) in [5, 5.41) is 11.1. The third-order valence-electron chi connectivity index (χ3n) is 5.46. The second-order valence-electron chi connectivity index (χ2n) is 7.55. The third kappa shape index (κ3) is 3.69. The van der Waals surface area contributed by atoms with Crippen LogP contribution in [-0.2, 0) is 12.7 Å². The highest BCUT2D eigenvalue weighted by molar-refractivity contribution is 5.84. The van der Waals surface area contributed by atoms with Crippen LogP contribution < -0.4 is 5.56 Å². The molecule has 5 rings (SSSR count). The zero-order chi connectivity index (χ0) is 23.3. The summed E-state index contributed by atoms with van der Waals surface area (Å²) in [6.07, 6.45) is -2.41. The van der Waals surface area contributed by atoms with Gasteiger partial charge in [-0.25, -0.2) is 4.98 Å². The topological polar surface area (TPSA) is 91.2 Å². The second-order valence-corrected chi connectivity index (χ2v) is 7.55. The number of aromatic nitrogens is 2. The van der Waals surface area contributed by atoms with Gasteiger partial charge in [-0.1, -0.05) is 12.1 Å². The van der Waals surface area contributed by atoms with Crippen LogP contribution in [0, 0.1) is 10.1 Å². The monoisotopic (exact) mass is 453 g/mol. The van der Waals surface area contributed by atoms with Crippen LogP contribution in [0.4, 0.5) is 18.9 Å². The van der Waals surface area contributed by atoms with Crippen molar-refractivity contribution >= 4 is 28.2 Å².